The first kappa shape index (κ1) is 19.2. The van der Waals surface area contributed by atoms with Crippen molar-refractivity contribution in [1.29, 1.82) is 0 Å². The van der Waals surface area contributed by atoms with E-state index in [1.807, 2.05) is 16.9 Å². The molecular formula is C27H28N2. The summed E-state index contributed by atoms with van der Waals surface area (Å²) in [5, 5.41) is 4.34. The number of hydrogen-bond donors (Lipinski definition) is 0. The minimum atomic E-state index is 0.495. The fraction of sp³-hybridized carbons (Fsp3) is 0.222. The van der Waals surface area contributed by atoms with Crippen molar-refractivity contribution in [2.45, 2.75) is 39.5 Å². The smallest absolute Gasteiger partial charge is 0.0651 e. The second-order valence-corrected chi connectivity index (χ2v) is 8.20. The Kier molecular flexibility index (Phi) is 5.35. The maximum atomic E-state index is 4.34. The lowest BCUT2D eigenvalue weighted by molar-refractivity contribution is 0.838. The second kappa shape index (κ2) is 8.08. The maximum absolute atomic E-state index is 4.34. The van der Waals surface area contributed by atoms with Gasteiger partial charge in [-0.05, 0) is 63.4 Å². The molecule has 0 bridgehead atoms. The Morgan fingerprint density at radius 1 is 0.655 bits per heavy atom. The summed E-state index contributed by atoms with van der Waals surface area (Å²) in [6.45, 7) is 9.10. The summed E-state index contributed by atoms with van der Waals surface area (Å²) in [6.07, 6.45) is 3.78. The summed E-state index contributed by atoms with van der Waals surface area (Å²) in [5.41, 5.74) is 9.03. The van der Waals surface area contributed by atoms with Crippen molar-refractivity contribution in [3.8, 4) is 27.9 Å². The number of nitrogens with zero attached hydrogens (tertiary/aromatic N) is 2. The summed E-state index contributed by atoms with van der Waals surface area (Å²) < 4.78 is 1.89. The van der Waals surface area contributed by atoms with Crippen LogP contribution in [0.5, 0.6) is 0 Å². The number of aromatic nitrogens is 2. The zero-order valence-corrected chi connectivity index (χ0v) is 17.6. The predicted octanol–water partition coefficient (Wildman–Crippen LogP) is 7.45. The van der Waals surface area contributed by atoms with Crippen molar-refractivity contribution in [3.63, 3.8) is 0 Å². The van der Waals surface area contributed by atoms with Gasteiger partial charge in [-0.1, -0.05) is 82.3 Å². The van der Waals surface area contributed by atoms with Crippen LogP contribution in [0.2, 0.25) is 0 Å². The van der Waals surface area contributed by atoms with E-state index in [2.05, 4.69) is 99.5 Å². The van der Waals surface area contributed by atoms with E-state index in [1.165, 1.54) is 33.4 Å². The van der Waals surface area contributed by atoms with Crippen LogP contribution in [0.4, 0.5) is 0 Å². The molecule has 0 atom stereocenters. The van der Waals surface area contributed by atoms with E-state index >= 15 is 0 Å². The lowest BCUT2D eigenvalue weighted by Gasteiger charge is -2.20. The fourth-order valence-electron chi connectivity index (χ4n) is 3.96. The molecule has 0 aliphatic carbocycles. The van der Waals surface area contributed by atoms with Crippen LogP contribution in [0, 0.1) is 0 Å². The molecule has 0 fully saturated rings. The number of rotatable bonds is 5. The molecule has 2 heteroatoms. The molecule has 1 heterocycles. The van der Waals surface area contributed by atoms with Crippen molar-refractivity contribution in [2.75, 3.05) is 0 Å². The molecule has 0 radical (unpaired) electrons. The topological polar surface area (TPSA) is 17.8 Å². The molecular weight excluding hydrogens is 352 g/mol. The van der Waals surface area contributed by atoms with Crippen LogP contribution in [-0.4, -0.2) is 9.78 Å². The molecule has 4 aromatic rings. The first-order valence-corrected chi connectivity index (χ1v) is 10.4. The Bertz CT molecular complexity index is 1060. The molecule has 0 amide bonds. The zero-order valence-electron chi connectivity index (χ0n) is 17.6. The van der Waals surface area contributed by atoms with Gasteiger partial charge in [0, 0.05) is 12.4 Å². The third kappa shape index (κ3) is 3.88. The summed E-state index contributed by atoms with van der Waals surface area (Å²) in [5.74, 6) is 0.989. The van der Waals surface area contributed by atoms with Crippen molar-refractivity contribution in [1.82, 2.24) is 9.78 Å². The Labute approximate surface area is 173 Å². The largest absolute Gasteiger partial charge is 0.241 e. The average Bonchev–Trinajstić information content (AvgIpc) is 3.28. The Hall–Kier alpha value is -3.13. The minimum absolute atomic E-state index is 0.495. The van der Waals surface area contributed by atoms with Crippen LogP contribution in [0.3, 0.4) is 0 Å². The van der Waals surface area contributed by atoms with Crippen molar-refractivity contribution >= 4 is 0 Å². The van der Waals surface area contributed by atoms with Gasteiger partial charge in [0.2, 0.25) is 0 Å². The minimum Gasteiger partial charge on any atom is -0.241 e. The molecule has 0 aliphatic rings. The zero-order chi connectivity index (χ0) is 20.4. The van der Waals surface area contributed by atoms with E-state index in [4.69, 9.17) is 0 Å². The Morgan fingerprint density at radius 2 is 1.28 bits per heavy atom. The normalized spacial score (nSPS) is 11.4. The second-order valence-electron chi connectivity index (χ2n) is 8.20. The number of hydrogen-bond acceptors (Lipinski definition) is 1. The van der Waals surface area contributed by atoms with Gasteiger partial charge >= 0.3 is 0 Å². The van der Waals surface area contributed by atoms with Crippen molar-refractivity contribution in [3.05, 3.63) is 96.3 Å². The predicted molar refractivity (Wildman–Crippen MR) is 123 cm³/mol. The van der Waals surface area contributed by atoms with Crippen LogP contribution >= 0.6 is 0 Å². The van der Waals surface area contributed by atoms with Gasteiger partial charge in [0.05, 0.1) is 5.69 Å². The molecule has 3 aromatic carbocycles. The molecule has 146 valence electrons. The maximum Gasteiger partial charge on any atom is 0.0651 e. The lowest BCUT2D eigenvalue weighted by atomic mass is 9.85. The summed E-state index contributed by atoms with van der Waals surface area (Å²) >= 11 is 0. The summed E-state index contributed by atoms with van der Waals surface area (Å²) in [6, 6.07) is 26.2. The van der Waals surface area contributed by atoms with E-state index in [-0.39, 0.29) is 0 Å². The van der Waals surface area contributed by atoms with Gasteiger partial charge < -0.3 is 0 Å². The number of benzene rings is 3. The van der Waals surface area contributed by atoms with Crippen LogP contribution in [0.25, 0.3) is 27.9 Å². The van der Waals surface area contributed by atoms with E-state index < -0.39 is 0 Å². The van der Waals surface area contributed by atoms with E-state index in [0.29, 0.717) is 11.8 Å². The van der Waals surface area contributed by atoms with Gasteiger partial charge in [0.15, 0.2) is 0 Å². The molecule has 4 rings (SSSR count). The highest BCUT2D eigenvalue weighted by atomic mass is 15.3. The molecule has 0 aliphatic heterocycles. The third-order valence-electron chi connectivity index (χ3n) is 5.49. The van der Waals surface area contributed by atoms with Gasteiger partial charge in [-0.15, -0.1) is 0 Å². The van der Waals surface area contributed by atoms with Gasteiger partial charge in [-0.2, -0.15) is 5.10 Å². The molecule has 2 nitrogen and oxygen atoms in total. The van der Waals surface area contributed by atoms with Gasteiger partial charge in [0.25, 0.3) is 0 Å². The van der Waals surface area contributed by atoms with Gasteiger partial charge in [0.1, 0.15) is 0 Å². The third-order valence-corrected chi connectivity index (χ3v) is 5.49. The molecule has 0 N–H and O–H groups in total. The Morgan fingerprint density at radius 3 is 1.86 bits per heavy atom. The molecule has 1 aromatic heterocycles. The highest BCUT2D eigenvalue weighted by Crippen LogP contribution is 2.37. The summed E-state index contributed by atoms with van der Waals surface area (Å²) in [4.78, 5) is 0. The van der Waals surface area contributed by atoms with E-state index in [0.717, 1.165) is 5.69 Å². The first-order valence-electron chi connectivity index (χ1n) is 10.4. The molecule has 0 spiro atoms. The first-order chi connectivity index (χ1) is 14.0. The lowest BCUT2D eigenvalue weighted by Crippen LogP contribution is -1.99. The molecule has 29 heavy (non-hydrogen) atoms. The Balaban J connectivity index is 1.74. The van der Waals surface area contributed by atoms with Gasteiger partial charge in [-0.3, -0.25) is 0 Å². The van der Waals surface area contributed by atoms with Gasteiger partial charge in [-0.25, -0.2) is 4.68 Å². The quantitative estimate of drug-likeness (QED) is 0.351. The van der Waals surface area contributed by atoms with Crippen LogP contribution in [0.1, 0.15) is 50.7 Å². The standard InChI is InChI=1S/C27H28N2/c1-19(2)25-10-6-11-26(20(3)4)27(25)22-14-12-21(13-15-22)23-8-5-9-24(18-23)29-17-7-16-28-29/h5-20H,1-4H3. The van der Waals surface area contributed by atoms with Crippen molar-refractivity contribution < 1.29 is 0 Å². The SMILES string of the molecule is CC(C)c1cccc(C(C)C)c1-c1ccc(-c2cccc(-n3cccn3)c2)cc1. The van der Waals surface area contributed by atoms with Crippen LogP contribution in [-0.2, 0) is 0 Å². The average molecular weight is 381 g/mol. The highest BCUT2D eigenvalue weighted by Gasteiger charge is 2.15. The molecule has 0 unspecified atom stereocenters. The molecule has 0 saturated carbocycles. The summed E-state index contributed by atoms with van der Waals surface area (Å²) in [7, 11) is 0. The van der Waals surface area contributed by atoms with Crippen LogP contribution in [0.15, 0.2) is 85.2 Å². The van der Waals surface area contributed by atoms with E-state index in [9.17, 15) is 0 Å². The van der Waals surface area contributed by atoms with E-state index in [1.54, 1.807) is 6.20 Å². The van der Waals surface area contributed by atoms with Crippen LogP contribution < -0.4 is 0 Å². The highest BCUT2D eigenvalue weighted by molar-refractivity contribution is 5.76. The van der Waals surface area contributed by atoms with Crippen molar-refractivity contribution in [2.24, 2.45) is 0 Å². The fourth-order valence-corrected chi connectivity index (χ4v) is 3.96. The molecule has 0 saturated heterocycles. The monoisotopic (exact) mass is 380 g/mol.